The Bertz CT molecular complexity index is 784. The van der Waals surface area contributed by atoms with E-state index in [2.05, 4.69) is 91.9 Å². The lowest BCUT2D eigenvalue weighted by molar-refractivity contribution is 0.556. The summed E-state index contributed by atoms with van der Waals surface area (Å²) in [6.07, 6.45) is 15.2. The van der Waals surface area contributed by atoms with Gasteiger partial charge in [0, 0.05) is 0 Å². The number of aryl methyl sites for hydroxylation is 1. The summed E-state index contributed by atoms with van der Waals surface area (Å²) in [5.41, 5.74) is 1.48. The van der Waals surface area contributed by atoms with Crippen LogP contribution in [-0.4, -0.2) is 0 Å². The molecule has 0 radical (unpaired) electrons. The molecule has 0 aromatic heterocycles. The van der Waals surface area contributed by atoms with Gasteiger partial charge in [0.15, 0.2) is 14.7 Å². The average molecular weight is 432 g/mol. The van der Waals surface area contributed by atoms with Crippen molar-refractivity contribution in [3.63, 3.8) is 0 Å². The molecule has 0 fully saturated rings. The van der Waals surface area contributed by atoms with Crippen LogP contribution < -0.4 is 0 Å². The van der Waals surface area contributed by atoms with Crippen LogP contribution in [-0.2, 0) is 17.3 Å². The summed E-state index contributed by atoms with van der Waals surface area (Å²) >= 11 is 0. The highest BCUT2D eigenvalue weighted by molar-refractivity contribution is 7.97. The van der Waals surface area contributed by atoms with Crippen molar-refractivity contribution in [3.8, 4) is 0 Å². The maximum atomic E-state index is 2.36. The van der Waals surface area contributed by atoms with Gasteiger partial charge < -0.3 is 0 Å². The predicted molar refractivity (Wildman–Crippen MR) is 137 cm³/mol. The molecule has 164 valence electrons. The topological polar surface area (TPSA) is 0 Å². The summed E-state index contributed by atoms with van der Waals surface area (Å²) in [5, 5.41) is 0. The van der Waals surface area contributed by atoms with Crippen LogP contribution in [0.3, 0.4) is 0 Å². The summed E-state index contributed by atoms with van der Waals surface area (Å²) in [6, 6.07) is 31.3. The van der Waals surface area contributed by atoms with Crippen molar-refractivity contribution in [2.75, 3.05) is 0 Å². The number of hydrogen-bond donors (Lipinski definition) is 0. The summed E-state index contributed by atoms with van der Waals surface area (Å²) in [5.74, 6) is 0. The molecule has 0 aliphatic rings. The van der Waals surface area contributed by atoms with Gasteiger partial charge in [-0.3, -0.25) is 0 Å². The van der Waals surface area contributed by atoms with Crippen LogP contribution in [0.4, 0.5) is 0 Å². The number of rotatable bonds is 14. The molecular formula is C30H39S+. The molecule has 0 bridgehead atoms. The minimum Gasteiger partial charge on any atom is -0.0654 e. The highest BCUT2D eigenvalue weighted by Gasteiger charge is 2.27. The molecule has 0 nitrogen and oxygen atoms in total. The van der Waals surface area contributed by atoms with E-state index in [0.29, 0.717) is 0 Å². The Kier molecular flexibility index (Phi) is 10.8. The third kappa shape index (κ3) is 8.22. The summed E-state index contributed by atoms with van der Waals surface area (Å²) in [7, 11) is -0.0375. The molecule has 1 heteroatoms. The first kappa shape index (κ1) is 23.7. The summed E-state index contributed by atoms with van der Waals surface area (Å²) in [6.45, 7) is 2.29. The van der Waals surface area contributed by atoms with Crippen molar-refractivity contribution in [1.82, 2.24) is 0 Å². The molecule has 3 aromatic rings. The summed E-state index contributed by atoms with van der Waals surface area (Å²) in [4.78, 5) is 4.18. The molecule has 3 rings (SSSR count). The Morgan fingerprint density at radius 1 is 0.452 bits per heavy atom. The molecular weight excluding hydrogens is 392 g/mol. The molecule has 0 aliphatic heterocycles. The second-order valence-electron chi connectivity index (χ2n) is 8.51. The molecule has 0 amide bonds. The second-order valence-corrected chi connectivity index (χ2v) is 10.5. The Morgan fingerprint density at radius 3 is 1.35 bits per heavy atom. The van der Waals surface area contributed by atoms with Gasteiger partial charge in [-0.15, -0.1) is 0 Å². The maximum Gasteiger partial charge on any atom is 0.166 e. The maximum absolute atomic E-state index is 2.36. The van der Waals surface area contributed by atoms with Crippen LogP contribution in [0.25, 0.3) is 0 Å². The molecule has 31 heavy (non-hydrogen) atoms. The first-order valence-electron chi connectivity index (χ1n) is 12.3. The second kappa shape index (κ2) is 14.1. The van der Waals surface area contributed by atoms with Gasteiger partial charge in [0.25, 0.3) is 0 Å². The quantitative estimate of drug-likeness (QED) is 0.176. The molecule has 0 atom stereocenters. The van der Waals surface area contributed by atoms with Crippen LogP contribution in [0.5, 0.6) is 0 Å². The Balaban J connectivity index is 1.47. The highest BCUT2D eigenvalue weighted by atomic mass is 32.2. The largest absolute Gasteiger partial charge is 0.166 e. The van der Waals surface area contributed by atoms with E-state index in [1.54, 1.807) is 0 Å². The fourth-order valence-electron chi connectivity index (χ4n) is 4.13. The SMILES string of the molecule is CCCCCCCCCCCCc1ccc([S+](c2ccccc2)c2ccccc2)cc1. The van der Waals surface area contributed by atoms with Crippen molar-refractivity contribution < 1.29 is 0 Å². The fraction of sp³-hybridized carbons (Fsp3) is 0.400. The predicted octanol–water partition coefficient (Wildman–Crippen LogP) is 9.25. The molecule has 3 aromatic carbocycles. The van der Waals surface area contributed by atoms with Crippen LogP contribution in [0.15, 0.2) is 99.6 Å². The molecule has 0 saturated heterocycles. The Morgan fingerprint density at radius 2 is 0.871 bits per heavy atom. The smallest absolute Gasteiger partial charge is 0.0654 e. The standard InChI is InChI=1S/C30H39S/c1-2-3-4-5-6-7-8-9-10-13-18-27-23-25-30(26-24-27)31(28-19-14-11-15-20-28)29-21-16-12-17-22-29/h11-12,14-17,19-26H,2-10,13,18H2,1H3/q+1. The fourth-order valence-corrected chi connectivity index (χ4v) is 6.21. The molecule has 0 saturated carbocycles. The van der Waals surface area contributed by atoms with Crippen LogP contribution in [0, 0.1) is 0 Å². The molecule has 0 aliphatic carbocycles. The molecule has 0 N–H and O–H groups in total. The lowest BCUT2D eigenvalue weighted by atomic mass is 10.0. The van der Waals surface area contributed by atoms with Crippen molar-refractivity contribution in [1.29, 1.82) is 0 Å². The van der Waals surface area contributed by atoms with Crippen molar-refractivity contribution in [2.45, 2.75) is 92.2 Å². The molecule has 0 heterocycles. The lowest BCUT2D eigenvalue weighted by Gasteiger charge is -2.09. The van der Waals surface area contributed by atoms with Gasteiger partial charge in [0.05, 0.1) is 10.9 Å². The minimum absolute atomic E-state index is 0.0375. The van der Waals surface area contributed by atoms with Crippen molar-refractivity contribution in [3.05, 3.63) is 90.5 Å². The van der Waals surface area contributed by atoms with Crippen molar-refractivity contribution >= 4 is 10.9 Å². The van der Waals surface area contributed by atoms with Gasteiger partial charge in [0.2, 0.25) is 0 Å². The lowest BCUT2D eigenvalue weighted by Crippen LogP contribution is -2.04. The van der Waals surface area contributed by atoms with Crippen LogP contribution >= 0.6 is 0 Å². The zero-order chi connectivity index (χ0) is 21.6. The third-order valence-electron chi connectivity index (χ3n) is 5.94. The van der Waals surface area contributed by atoms with Crippen LogP contribution in [0.1, 0.15) is 76.7 Å². The van der Waals surface area contributed by atoms with E-state index in [-0.39, 0.29) is 10.9 Å². The number of unbranched alkanes of at least 4 members (excludes halogenated alkanes) is 9. The van der Waals surface area contributed by atoms with Gasteiger partial charge in [0.1, 0.15) is 0 Å². The average Bonchev–Trinajstić information content (AvgIpc) is 2.83. The van der Waals surface area contributed by atoms with E-state index in [9.17, 15) is 0 Å². The zero-order valence-corrected chi connectivity index (χ0v) is 20.1. The van der Waals surface area contributed by atoms with Gasteiger partial charge >= 0.3 is 0 Å². The van der Waals surface area contributed by atoms with E-state index in [0.717, 1.165) is 0 Å². The van der Waals surface area contributed by atoms with E-state index in [1.165, 1.54) is 90.9 Å². The summed E-state index contributed by atoms with van der Waals surface area (Å²) < 4.78 is 0. The Hall–Kier alpha value is -1.99. The normalized spacial score (nSPS) is 11.2. The number of benzene rings is 3. The van der Waals surface area contributed by atoms with Gasteiger partial charge in [-0.2, -0.15) is 0 Å². The van der Waals surface area contributed by atoms with E-state index in [4.69, 9.17) is 0 Å². The minimum atomic E-state index is -0.0375. The molecule has 0 unspecified atom stereocenters. The van der Waals surface area contributed by atoms with Gasteiger partial charge in [-0.1, -0.05) is 113 Å². The zero-order valence-electron chi connectivity index (χ0n) is 19.3. The van der Waals surface area contributed by atoms with Crippen molar-refractivity contribution in [2.24, 2.45) is 0 Å². The first-order chi connectivity index (χ1) is 15.4. The van der Waals surface area contributed by atoms with Gasteiger partial charge in [-0.05, 0) is 54.8 Å². The van der Waals surface area contributed by atoms with Gasteiger partial charge in [-0.25, -0.2) is 0 Å². The Labute approximate surface area is 193 Å². The third-order valence-corrected chi connectivity index (χ3v) is 8.17. The van der Waals surface area contributed by atoms with Crippen LogP contribution in [0.2, 0.25) is 0 Å². The monoisotopic (exact) mass is 431 g/mol. The van der Waals surface area contributed by atoms with E-state index >= 15 is 0 Å². The van der Waals surface area contributed by atoms with E-state index in [1.807, 2.05) is 0 Å². The first-order valence-corrected chi connectivity index (χ1v) is 13.5. The molecule has 0 spiro atoms. The highest BCUT2D eigenvalue weighted by Crippen LogP contribution is 2.31. The van der Waals surface area contributed by atoms with E-state index < -0.39 is 0 Å². The number of hydrogen-bond acceptors (Lipinski definition) is 0.